The summed E-state index contributed by atoms with van der Waals surface area (Å²) in [4.78, 5) is 0. The third-order valence-electron chi connectivity index (χ3n) is 1.25. The number of hydrogen-bond acceptors (Lipinski definition) is 4. The van der Waals surface area contributed by atoms with Crippen LogP contribution in [-0.2, 0) is 0 Å². The van der Waals surface area contributed by atoms with Crippen molar-refractivity contribution in [2.75, 3.05) is 6.61 Å². The van der Waals surface area contributed by atoms with E-state index in [1.54, 1.807) is 0 Å². The Balaban J connectivity index is 4.61. The van der Waals surface area contributed by atoms with Gasteiger partial charge in [0.25, 0.3) is 0 Å². The number of nitrogens with two attached hydrogens (primary N) is 1. The molecular weight excluding hydrogens is 216 g/mol. The van der Waals surface area contributed by atoms with Gasteiger partial charge < -0.3 is 21.1 Å². The number of aliphatic hydroxyl groups excluding tert-OH is 2. The molecule has 0 rings (SSSR count). The van der Waals surface area contributed by atoms with E-state index in [1.165, 1.54) is 0 Å². The van der Waals surface area contributed by atoms with Crippen LogP contribution in [0.25, 0.3) is 0 Å². The summed E-state index contributed by atoms with van der Waals surface area (Å²) < 4.78 is -2.48. The van der Waals surface area contributed by atoms with Gasteiger partial charge in [-0.25, -0.2) is 0 Å². The average molecular weight is 224 g/mol. The number of alkyl halides is 3. The van der Waals surface area contributed by atoms with Gasteiger partial charge in [0.05, 0.1) is 6.61 Å². The Bertz CT molecular complexity index is 137. The minimum absolute atomic E-state index is 0.846. The number of hydrogen-bond donors (Lipinski definition) is 4. The van der Waals surface area contributed by atoms with Gasteiger partial charge in [0.2, 0.25) is 4.52 Å². The Morgan fingerprint density at radius 1 is 1.45 bits per heavy atom. The van der Waals surface area contributed by atoms with E-state index in [2.05, 4.69) is 0 Å². The summed E-state index contributed by atoms with van der Waals surface area (Å²) in [5.74, 6) is 0. The lowest BCUT2D eigenvalue weighted by Crippen LogP contribution is -2.63. The maximum absolute atomic E-state index is 8.91. The summed E-state index contributed by atoms with van der Waals surface area (Å²) >= 11 is 15.4. The van der Waals surface area contributed by atoms with Gasteiger partial charge in [-0.3, -0.25) is 0 Å². The zero-order chi connectivity index (χ0) is 9.28. The van der Waals surface area contributed by atoms with Crippen LogP contribution < -0.4 is 5.73 Å². The zero-order valence-corrected chi connectivity index (χ0v) is 7.61. The van der Waals surface area contributed by atoms with E-state index in [4.69, 9.17) is 55.9 Å². The number of aliphatic hydroxyl groups is 3. The number of rotatable bonds is 3. The third-order valence-corrected chi connectivity index (χ3v) is 2.34. The molecule has 0 aliphatic carbocycles. The quantitative estimate of drug-likeness (QED) is 0.480. The van der Waals surface area contributed by atoms with Crippen molar-refractivity contribution < 1.29 is 15.3 Å². The summed E-state index contributed by atoms with van der Waals surface area (Å²) in [5.41, 5.74) is 1.37. The van der Waals surface area contributed by atoms with E-state index in [0.29, 0.717) is 0 Å². The predicted molar refractivity (Wildman–Crippen MR) is 42.5 cm³/mol. The van der Waals surface area contributed by atoms with Crippen LogP contribution in [0.1, 0.15) is 0 Å². The predicted octanol–water partition coefficient (Wildman–Crippen LogP) is -0.643. The van der Waals surface area contributed by atoms with Gasteiger partial charge >= 0.3 is 0 Å². The van der Waals surface area contributed by atoms with E-state index in [9.17, 15) is 0 Å². The molecule has 0 aliphatic heterocycles. The van der Waals surface area contributed by atoms with Crippen LogP contribution in [0.3, 0.4) is 0 Å². The van der Waals surface area contributed by atoms with E-state index < -0.39 is 22.2 Å². The highest BCUT2D eigenvalue weighted by atomic mass is 35.5. The number of halogens is 3. The van der Waals surface area contributed by atoms with Crippen LogP contribution in [0.2, 0.25) is 0 Å². The highest BCUT2D eigenvalue weighted by Gasteiger charge is 2.50. The topological polar surface area (TPSA) is 86.7 Å². The van der Waals surface area contributed by atoms with Crippen LogP contribution in [0.5, 0.6) is 0 Å². The first-order valence-electron chi connectivity index (χ1n) is 2.58. The molecule has 7 heteroatoms. The van der Waals surface area contributed by atoms with Crippen LogP contribution >= 0.6 is 34.8 Å². The Labute approximate surface area is 78.5 Å². The van der Waals surface area contributed by atoms with Crippen molar-refractivity contribution in [1.82, 2.24) is 0 Å². The molecule has 0 aliphatic rings. The lowest BCUT2D eigenvalue weighted by Gasteiger charge is -2.35. The van der Waals surface area contributed by atoms with Crippen LogP contribution in [-0.4, -0.2) is 37.5 Å². The minimum atomic E-state index is -2.48. The van der Waals surface area contributed by atoms with E-state index in [0.717, 1.165) is 0 Å². The first kappa shape index (κ1) is 11.7. The zero-order valence-electron chi connectivity index (χ0n) is 5.34. The molecule has 0 bridgehead atoms. The highest BCUT2D eigenvalue weighted by molar-refractivity contribution is 6.48. The SMILES string of the molecule is NC(CO)(C(O)Cl)C(O)(Cl)Cl. The fourth-order valence-corrected chi connectivity index (χ4v) is 0.979. The Kier molecular flexibility index (Phi) is 3.85. The molecule has 0 aromatic carbocycles. The minimum Gasteiger partial charge on any atom is -0.394 e. The molecule has 5 N–H and O–H groups in total. The maximum Gasteiger partial charge on any atom is 0.239 e. The molecule has 0 saturated carbocycles. The third kappa shape index (κ3) is 2.32. The molecule has 0 spiro atoms. The molecule has 2 unspecified atom stereocenters. The maximum atomic E-state index is 8.91. The highest BCUT2D eigenvalue weighted by Crippen LogP contribution is 2.32. The van der Waals surface area contributed by atoms with Gasteiger partial charge in [-0.2, -0.15) is 0 Å². The van der Waals surface area contributed by atoms with Gasteiger partial charge in [0.1, 0.15) is 5.54 Å². The van der Waals surface area contributed by atoms with Gasteiger partial charge in [-0.1, -0.05) is 34.8 Å². The molecule has 0 amide bonds. The Morgan fingerprint density at radius 2 is 1.82 bits per heavy atom. The molecular formula is C4H8Cl3NO3. The molecule has 0 fully saturated rings. The second-order valence-electron chi connectivity index (χ2n) is 2.08. The smallest absolute Gasteiger partial charge is 0.239 e. The molecule has 2 atom stereocenters. The fourth-order valence-electron chi connectivity index (χ4n) is 0.314. The first-order valence-corrected chi connectivity index (χ1v) is 3.77. The monoisotopic (exact) mass is 223 g/mol. The van der Waals surface area contributed by atoms with E-state index in [-0.39, 0.29) is 0 Å². The second-order valence-corrected chi connectivity index (χ2v) is 3.78. The van der Waals surface area contributed by atoms with Crippen molar-refractivity contribution in [3.05, 3.63) is 0 Å². The van der Waals surface area contributed by atoms with E-state index >= 15 is 0 Å². The van der Waals surface area contributed by atoms with Crippen molar-refractivity contribution in [1.29, 1.82) is 0 Å². The first-order chi connectivity index (χ1) is 4.75. The molecule has 0 heterocycles. The summed E-state index contributed by atoms with van der Waals surface area (Å²) in [6.45, 7) is -0.846. The van der Waals surface area contributed by atoms with Crippen LogP contribution in [0, 0.1) is 0 Å². The Hall–Kier alpha value is 0.710. The van der Waals surface area contributed by atoms with Crippen LogP contribution in [0.4, 0.5) is 0 Å². The largest absolute Gasteiger partial charge is 0.394 e. The van der Waals surface area contributed by atoms with Crippen molar-refractivity contribution >= 4 is 34.8 Å². The van der Waals surface area contributed by atoms with Gasteiger partial charge in [0, 0.05) is 0 Å². The molecule has 0 aromatic heterocycles. The molecule has 68 valence electrons. The van der Waals surface area contributed by atoms with Crippen molar-refractivity contribution in [2.24, 2.45) is 5.73 Å². The summed E-state index contributed by atoms with van der Waals surface area (Å²) in [6.07, 6.45) is 0. The molecule has 0 saturated heterocycles. The Morgan fingerprint density at radius 3 is 1.82 bits per heavy atom. The average Bonchev–Trinajstić information content (AvgIpc) is 1.83. The van der Waals surface area contributed by atoms with Gasteiger partial charge in [-0.15, -0.1) is 0 Å². The lowest BCUT2D eigenvalue weighted by atomic mass is 10.0. The normalized spacial score (nSPS) is 21.0. The van der Waals surface area contributed by atoms with Gasteiger partial charge in [-0.05, 0) is 0 Å². The van der Waals surface area contributed by atoms with Crippen molar-refractivity contribution in [3.8, 4) is 0 Å². The van der Waals surface area contributed by atoms with Crippen molar-refractivity contribution in [3.63, 3.8) is 0 Å². The molecule has 0 radical (unpaired) electrons. The molecule has 4 nitrogen and oxygen atoms in total. The fraction of sp³-hybridized carbons (Fsp3) is 1.00. The summed E-state index contributed by atoms with van der Waals surface area (Å²) in [5, 5.41) is 26.3. The molecule has 11 heavy (non-hydrogen) atoms. The van der Waals surface area contributed by atoms with E-state index in [1.807, 2.05) is 0 Å². The second kappa shape index (κ2) is 3.62. The molecule has 0 aromatic rings. The summed E-state index contributed by atoms with van der Waals surface area (Å²) in [6, 6.07) is 0. The van der Waals surface area contributed by atoms with Crippen molar-refractivity contribution in [2.45, 2.75) is 15.6 Å². The van der Waals surface area contributed by atoms with Crippen LogP contribution in [0.15, 0.2) is 0 Å². The summed E-state index contributed by atoms with van der Waals surface area (Å²) in [7, 11) is 0. The lowest BCUT2D eigenvalue weighted by molar-refractivity contribution is 0.00947. The standard InChI is InChI=1S/C4H8Cl3NO3/c5-2(10)3(8,1-9)4(6,7)11/h2,9-11H,1,8H2. The van der Waals surface area contributed by atoms with Gasteiger partial charge in [0.15, 0.2) is 5.56 Å².